The fourth-order valence-electron chi connectivity index (χ4n) is 3.53. The molecule has 7 nitrogen and oxygen atoms in total. The van der Waals surface area contributed by atoms with Crippen molar-refractivity contribution >= 4 is 11.9 Å². The van der Waals surface area contributed by atoms with Gasteiger partial charge in [0.15, 0.2) is 0 Å². The van der Waals surface area contributed by atoms with Gasteiger partial charge in [-0.1, -0.05) is 18.0 Å². The van der Waals surface area contributed by atoms with Gasteiger partial charge in [0.25, 0.3) is 0 Å². The van der Waals surface area contributed by atoms with Crippen LogP contribution in [0.2, 0.25) is 0 Å². The Balaban J connectivity index is 1.46. The van der Waals surface area contributed by atoms with E-state index in [4.69, 9.17) is 4.52 Å². The molecule has 1 saturated carbocycles. The lowest BCUT2D eigenvalue weighted by Gasteiger charge is -2.32. The summed E-state index contributed by atoms with van der Waals surface area (Å²) in [5, 5.41) is 9.87. The Bertz CT molecular complexity index is 580. The third kappa shape index (κ3) is 4.27. The maximum Gasteiger partial charge on any atom is 0.317 e. The zero-order chi connectivity index (χ0) is 16.9. The van der Waals surface area contributed by atoms with Crippen molar-refractivity contribution in [2.24, 2.45) is 5.92 Å². The number of nitrogens with one attached hydrogen (secondary N) is 2. The minimum absolute atomic E-state index is 0.0194. The molecule has 1 aromatic heterocycles. The van der Waals surface area contributed by atoms with Gasteiger partial charge in [-0.3, -0.25) is 4.79 Å². The number of urea groups is 1. The summed E-state index contributed by atoms with van der Waals surface area (Å²) in [7, 11) is 0. The largest absolute Gasteiger partial charge is 0.361 e. The quantitative estimate of drug-likeness (QED) is 0.881. The van der Waals surface area contributed by atoms with E-state index in [9.17, 15) is 9.59 Å². The standard InChI is InChI=1S/C17H26N4O3/c1-12-9-15(20-24-12)10-18-16(22)13-5-4-8-21(11-13)17(23)19-14-6-2-3-7-14/h9,13-14H,2-8,10-11H2,1H3,(H,18,22)(H,19,23)/t13-/m1/s1. The van der Waals surface area contributed by atoms with E-state index in [1.807, 2.05) is 13.0 Å². The molecular formula is C17H26N4O3. The van der Waals surface area contributed by atoms with Crippen LogP contribution in [-0.4, -0.2) is 41.1 Å². The molecule has 132 valence electrons. The molecule has 7 heteroatoms. The average Bonchev–Trinajstić information content (AvgIpc) is 3.24. The summed E-state index contributed by atoms with van der Waals surface area (Å²) in [4.78, 5) is 26.5. The Kier molecular flexibility index (Phi) is 5.37. The number of nitrogens with zero attached hydrogens (tertiary/aromatic N) is 2. The number of rotatable bonds is 4. The van der Waals surface area contributed by atoms with E-state index in [0.29, 0.717) is 24.8 Å². The van der Waals surface area contributed by atoms with Crippen LogP contribution in [0.3, 0.4) is 0 Å². The van der Waals surface area contributed by atoms with Crippen molar-refractivity contribution in [2.75, 3.05) is 13.1 Å². The van der Waals surface area contributed by atoms with Crippen molar-refractivity contribution in [1.82, 2.24) is 20.7 Å². The number of amides is 3. The van der Waals surface area contributed by atoms with E-state index in [1.165, 1.54) is 12.8 Å². The van der Waals surface area contributed by atoms with Crippen molar-refractivity contribution in [3.05, 3.63) is 17.5 Å². The van der Waals surface area contributed by atoms with Crippen LogP contribution in [0.1, 0.15) is 50.0 Å². The van der Waals surface area contributed by atoms with Gasteiger partial charge in [0.05, 0.1) is 12.5 Å². The highest BCUT2D eigenvalue weighted by atomic mass is 16.5. The van der Waals surface area contributed by atoms with Crippen molar-refractivity contribution < 1.29 is 14.1 Å². The molecular weight excluding hydrogens is 308 g/mol. The van der Waals surface area contributed by atoms with Gasteiger partial charge < -0.3 is 20.1 Å². The summed E-state index contributed by atoms with van der Waals surface area (Å²) in [6, 6.07) is 2.09. The predicted octanol–water partition coefficient (Wildman–Crippen LogP) is 1.96. The number of aryl methyl sites for hydroxylation is 1. The van der Waals surface area contributed by atoms with Crippen LogP contribution in [-0.2, 0) is 11.3 Å². The first-order chi connectivity index (χ1) is 11.6. The number of carbonyl (C=O) groups is 2. The van der Waals surface area contributed by atoms with Gasteiger partial charge in [-0.25, -0.2) is 4.79 Å². The van der Waals surface area contributed by atoms with Crippen molar-refractivity contribution in [2.45, 2.75) is 58.0 Å². The minimum atomic E-state index is -0.152. The Morgan fingerprint density at radius 3 is 2.79 bits per heavy atom. The summed E-state index contributed by atoms with van der Waals surface area (Å²) in [5.41, 5.74) is 0.715. The summed E-state index contributed by atoms with van der Waals surface area (Å²) in [6.07, 6.45) is 6.20. The first-order valence-corrected chi connectivity index (χ1v) is 8.87. The van der Waals surface area contributed by atoms with Crippen LogP contribution >= 0.6 is 0 Å². The lowest BCUT2D eigenvalue weighted by molar-refractivity contribution is -0.126. The van der Waals surface area contributed by atoms with Crippen molar-refractivity contribution in [3.8, 4) is 0 Å². The number of likely N-dealkylation sites (tertiary alicyclic amines) is 1. The highest BCUT2D eigenvalue weighted by molar-refractivity contribution is 5.80. The van der Waals surface area contributed by atoms with Gasteiger partial charge in [-0.15, -0.1) is 0 Å². The zero-order valence-corrected chi connectivity index (χ0v) is 14.2. The lowest BCUT2D eigenvalue weighted by atomic mass is 9.97. The molecule has 0 bridgehead atoms. The number of hydrogen-bond donors (Lipinski definition) is 2. The normalized spacial score (nSPS) is 21.7. The number of aromatic nitrogens is 1. The third-order valence-corrected chi connectivity index (χ3v) is 4.88. The van der Waals surface area contributed by atoms with Gasteiger partial charge in [-0.05, 0) is 32.6 Å². The third-order valence-electron chi connectivity index (χ3n) is 4.88. The molecule has 2 N–H and O–H groups in total. The SMILES string of the molecule is Cc1cc(CNC(=O)[C@@H]2CCCN(C(=O)NC3CCCC3)C2)no1. The molecule has 1 aliphatic carbocycles. The fourth-order valence-corrected chi connectivity index (χ4v) is 3.53. The lowest BCUT2D eigenvalue weighted by Crippen LogP contribution is -2.50. The molecule has 3 amide bonds. The predicted molar refractivity (Wildman–Crippen MR) is 88.2 cm³/mol. The van der Waals surface area contributed by atoms with E-state index in [-0.39, 0.29) is 17.9 Å². The molecule has 24 heavy (non-hydrogen) atoms. The second-order valence-electron chi connectivity index (χ2n) is 6.86. The fraction of sp³-hybridized carbons (Fsp3) is 0.706. The van der Waals surface area contributed by atoms with Gasteiger partial charge in [0, 0.05) is 25.2 Å². The second-order valence-corrected chi connectivity index (χ2v) is 6.86. The van der Waals surface area contributed by atoms with Gasteiger partial charge in [0.2, 0.25) is 5.91 Å². The van der Waals surface area contributed by atoms with Crippen LogP contribution < -0.4 is 10.6 Å². The molecule has 0 radical (unpaired) electrons. The van der Waals surface area contributed by atoms with Gasteiger partial charge in [0.1, 0.15) is 11.5 Å². The molecule has 1 aromatic rings. The molecule has 2 heterocycles. The monoisotopic (exact) mass is 334 g/mol. The summed E-state index contributed by atoms with van der Waals surface area (Å²) < 4.78 is 4.99. The van der Waals surface area contributed by atoms with Crippen LogP contribution in [0, 0.1) is 12.8 Å². The molecule has 0 unspecified atom stereocenters. The summed E-state index contributed by atoms with van der Waals surface area (Å²) in [5.74, 6) is 0.557. The number of carbonyl (C=O) groups excluding carboxylic acids is 2. The topological polar surface area (TPSA) is 87.5 Å². The van der Waals surface area contributed by atoms with E-state index < -0.39 is 0 Å². The maximum absolute atomic E-state index is 12.4. The smallest absolute Gasteiger partial charge is 0.317 e. The van der Waals surface area contributed by atoms with Gasteiger partial charge >= 0.3 is 6.03 Å². The molecule has 1 atom stereocenters. The Hall–Kier alpha value is -2.05. The van der Waals surface area contributed by atoms with Crippen molar-refractivity contribution in [1.29, 1.82) is 0 Å². The molecule has 2 aliphatic rings. The maximum atomic E-state index is 12.4. The van der Waals surface area contributed by atoms with E-state index in [0.717, 1.165) is 38.0 Å². The first kappa shape index (κ1) is 16.8. The van der Waals surface area contributed by atoms with E-state index >= 15 is 0 Å². The van der Waals surface area contributed by atoms with E-state index in [2.05, 4.69) is 15.8 Å². The first-order valence-electron chi connectivity index (χ1n) is 8.87. The minimum Gasteiger partial charge on any atom is -0.361 e. The Morgan fingerprint density at radius 2 is 2.08 bits per heavy atom. The second kappa shape index (κ2) is 7.68. The van der Waals surface area contributed by atoms with Gasteiger partial charge in [-0.2, -0.15) is 0 Å². The molecule has 3 rings (SSSR count). The van der Waals surface area contributed by atoms with Crippen LogP contribution in [0.4, 0.5) is 4.79 Å². The van der Waals surface area contributed by atoms with Crippen LogP contribution in [0.15, 0.2) is 10.6 Å². The highest BCUT2D eigenvalue weighted by Crippen LogP contribution is 2.20. The zero-order valence-electron chi connectivity index (χ0n) is 14.2. The Morgan fingerprint density at radius 1 is 1.29 bits per heavy atom. The van der Waals surface area contributed by atoms with Crippen molar-refractivity contribution in [3.63, 3.8) is 0 Å². The highest BCUT2D eigenvalue weighted by Gasteiger charge is 2.29. The molecule has 1 aliphatic heterocycles. The van der Waals surface area contributed by atoms with Crippen LogP contribution in [0.5, 0.6) is 0 Å². The molecule has 0 aromatic carbocycles. The summed E-state index contributed by atoms with van der Waals surface area (Å²) in [6.45, 7) is 3.40. The molecule has 1 saturated heterocycles. The Labute approximate surface area is 142 Å². The summed E-state index contributed by atoms with van der Waals surface area (Å²) >= 11 is 0. The molecule has 0 spiro atoms. The number of hydrogen-bond acceptors (Lipinski definition) is 4. The molecule has 2 fully saturated rings. The number of piperidine rings is 1. The van der Waals surface area contributed by atoms with Crippen LogP contribution in [0.25, 0.3) is 0 Å². The average molecular weight is 334 g/mol. The van der Waals surface area contributed by atoms with E-state index in [1.54, 1.807) is 4.90 Å².